The third-order valence-corrected chi connectivity index (χ3v) is 5.58. The second-order valence-corrected chi connectivity index (χ2v) is 8.21. The van der Waals surface area contributed by atoms with Gasteiger partial charge in [0, 0.05) is 12.5 Å². The van der Waals surface area contributed by atoms with E-state index in [1.165, 1.54) is 18.3 Å². The van der Waals surface area contributed by atoms with E-state index in [-0.39, 0.29) is 34.3 Å². The van der Waals surface area contributed by atoms with Crippen LogP contribution in [0.15, 0.2) is 22.9 Å². The standard InChI is InChI=1S/C16H16ClFN2O4S/c1-3-20(25(2,22)23)14-10(6-7-12(17)13(14)18)15(21)11-8-19-24-16(11)9-4-5-9/h6-9H,3-5H2,1-2H3. The van der Waals surface area contributed by atoms with Gasteiger partial charge in [0.15, 0.2) is 17.4 Å². The van der Waals surface area contributed by atoms with Gasteiger partial charge in [-0.3, -0.25) is 9.10 Å². The molecule has 6 nitrogen and oxygen atoms in total. The van der Waals surface area contributed by atoms with Gasteiger partial charge in [0.25, 0.3) is 0 Å². The first-order valence-corrected chi connectivity index (χ1v) is 9.93. The van der Waals surface area contributed by atoms with E-state index in [0.717, 1.165) is 23.4 Å². The zero-order valence-electron chi connectivity index (χ0n) is 13.6. The van der Waals surface area contributed by atoms with Crippen LogP contribution in [0.5, 0.6) is 0 Å². The van der Waals surface area contributed by atoms with E-state index in [0.29, 0.717) is 5.76 Å². The van der Waals surface area contributed by atoms with Crippen molar-refractivity contribution in [2.45, 2.75) is 25.7 Å². The van der Waals surface area contributed by atoms with Gasteiger partial charge in [-0.05, 0) is 31.9 Å². The molecule has 1 aromatic heterocycles. The molecule has 0 N–H and O–H groups in total. The van der Waals surface area contributed by atoms with Crippen LogP contribution in [0.4, 0.5) is 10.1 Å². The first kappa shape index (κ1) is 17.9. The lowest BCUT2D eigenvalue weighted by atomic mass is 10.0. The molecule has 0 unspecified atom stereocenters. The number of carbonyl (C=O) groups is 1. The Kier molecular flexibility index (Phi) is 4.59. The van der Waals surface area contributed by atoms with E-state index in [4.69, 9.17) is 16.1 Å². The fraction of sp³-hybridized carbons (Fsp3) is 0.375. The van der Waals surface area contributed by atoms with Crippen LogP contribution in [0.1, 0.15) is 47.4 Å². The summed E-state index contributed by atoms with van der Waals surface area (Å²) in [5.41, 5.74) is -0.236. The highest BCUT2D eigenvalue weighted by Crippen LogP contribution is 2.42. The maximum atomic E-state index is 14.7. The largest absolute Gasteiger partial charge is 0.360 e. The lowest BCUT2D eigenvalue weighted by molar-refractivity contribution is 0.103. The van der Waals surface area contributed by atoms with Gasteiger partial charge in [0.1, 0.15) is 0 Å². The number of rotatable bonds is 6. The van der Waals surface area contributed by atoms with Crippen molar-refractivity contribution < 1.29 is 22.1 Å². The molecule has 0 radical (unpaired) electrons. The van der Waals surface area contributed by atoms with Crippen molar-refractivity contribution in [3.8, 4) is 0 Å². The summed E-state index contributed by atoms with van der Waals surface area (Å²) in [6.07, 6.45) is 4.01. The van der Waals surface area contributed by atoms with Gasteiger partial charge in [0.2, 0.25) is 10.0 Å². The minimum Gasteiger partial charge on any atom is -0.360 e. The molecule has 1 heterocycles. The van der Waals surface area contributed by atoms with Crippen molar-refractivity contribution in [3.63, 3.8) is 0 Å². The Labute approximate surface area is 149 Å². The van der Waals surface area contributed by atoms with Gasteiger partial charge >= 0.3 is 0 Å². The van der Waals surface area contributed by atoms with Crippen LogP contribution in [0.3, 0.4) is 0 Å². The molecule has 0 spiro atoms. The first-order valence-electron chi connectivity index (χ1n) is 7.70. The maximum Gasteiger partial charge on any atom is 0.232 e. The quantitative estimate of drug-likeness (QED) is 0.711. The average molecular weight is 387 g/mol. The number of halogens is 2. The van der Waals surface area contributed by atoms with E-state index in [9.17, 15) is 17.6 Å². The molecule has 0 amide bonds. The van der Waals surface area contributed by atoms with Crippen molar-refractivity contribution in [2.75, 3.05) is 17.1 Å². The van der Waals surface area contributed by atoms with Crippen molar-refractivity contribution in [1.82, 2.24) is 5.16 Å². The Balaban J connectivity index is 2.17. The molecule has 9 heteroatoms. The Bertz CT molecular complexity index is 938. The van der Waals surface area contributed by atoms with Gasteiger partial charge < -0.3 is 4.52 Å². The number of hydrogen-bond acceptors (Lipinski definition) is 5. The van der Waals surface area contributed by atoms with E-state index in [1.807, 2.05) is 0 Å². The molecule has 134 valence electrons. The third kappa shape index (κ3) is 3.28. The van der Waals surface area contributed by atoms with Crippen molar-refractivity contribution in [1.29, 1.82) is 0 Å². The highest BCUT2D eigenvalue weighted by atomic mass is 35.5. The average Bonchev–Trinajstić information content (AvgIpc) is 3.27. The fourth-order valence-electron chi connectivity index (χ4n) is 2.73. The van der Waals surface area contributed by atoms with Crippen molar-refractivity contribution in [2.24, 2.45) is 0 Å². The summed E-state index contributed by atoms with van der Waals surface area (Å²) in [5.74, 6) is -0.923. The lowest BCUT2D eigenvalue weighted by Crippen LogP contribution is -2.32. The molecule has 0 bridgehead atoms. The van der Waals surface area contributed by atoms with E-state index in [1.54, 1.807) is 6.92 Å². The monoisotopic (exact) mass is 386 g/mol. The molecule has 0 atom stereocenters. The molecule has 3 rings (SSSR count). The zero-order valence-corrected chi connectivity index (χ0v) is 15.2. The minimum absolute atomic E-state index is 0.0461. The molecular weight excluding hydrogens is 371 g/mol. The summed E-state index contributed by atoms with van der Waals surface area (Å²) >= 11 is 5.82. The second-order valence-electron chi connectivity index (χ2n) is 5.89. The number of ketones is 1. The molecular formula is C16H16ClFN2O4S. The van der Waals surface area contributed by atoms with Crippen LogP contribution in [0.25, 0.3) is 0 Å². The molecule has 2 aromatic rings. The van der Waals surface area contributed by atoms with Gasteiger partial charge in [-0.15, -0.1) is 0 Å². The third-order valence-electron chi connectivity index (χ3n) is 4.04. The lowest BCUT2D eigenvalue weighted by Gasteiger charge is -2.23. The number of nitrogens with zero attached hydrogens (tertiary/aromatic N) is 2. The van der Waals surface area contributed by atoms with Crippen LogP contribution in [0.2, 0.25) is 5.02 Å². The smallest absolute Gasteiger partial charge is 0.232 e. The number of aromatic nitrogens is 1. The SMILES string of the molecule is CCN(c1c(C(=O)c2cnoc2C2CC2)ccc(Cl)c1F)S(C)(=O)=O. The summed E-state index contributed by atoms with van der Waals surface area (Å²) in [4.78, 5) is 13.0. The van der Waals surface area contributed by atoms with Crippen LogP contribution < -0.4 is 4.31 Å². The molecule has 1 aliphatic carbocycles. The molecule has 1 aromatic carbocycles. The van der Waals surface area contributed by atoms with Crippen LogP contribution in [0, 0.1) is 5.82 Å². The number of sulfonamides is 1. The Morgan fingerprint density at radius 3 is 2.64 bits per heavy atom. The summed E-state index contributed by atoms with van der Waals surface area (Å²) in [6, 6.07) is 2.55. The van der Waals surface area contributed by atoms with Gasteiger partial charge in [0.05, 0.1) is 34.3 Å². The first-order chi connectivity index (χ1) is 11.8. The molecule has 1 fully saturated rings. The summed E-state index contributed by atoms with van der Waals surface area (Å²) in [6.45, 7) is 1.50. The molecule has 0 saturated heterocycles. The number of anilines is 1. The maximum absolute atomic E-state index is 14.7. The summed E-state index contributed by atoms with van der Waals surface area (Å²) < 4.78 is 44.7. The van der Waals surface area contributed by atoms with Crippen molar-refractivity contribution >= 4 is 33.1 Å². The highest BCUT2D eigenvalue weighted by Gasteiger charge is 2.35. The van der Waals surface area contributed by atoms with Gasteiger partial charge in [-0.2, -0.15) is 0 Å². The van der Waals surface area contributed by atoms with E-state index >= 15 is 0 Å². The molecule has 0 aliphatic heterocycles. The number of hydrogen-bond donors (Lipinski definition) is 0. The predicted octanol–water partition coefficient (Wildman–Crippen LogP) is 3.36. The topological polar surface area (TPSA) is 80.5 Å². The predicted molar refractivity (Wildman–Crippen MR) is 91.2 cm³/mol. The molecule has 1 aliphatic rings. The van der Waals surface area contributed by atoms with E-state index in [2.05, 4.69) is 5.16 Å². The van der Waals surface area contributed by atoms with Gasteiger partial charge in [-0.1, -0.05) is 16.8 Å². The van der Waals surface area contributed by atoms with Crippen LogP contribution in [-0.2, 0) is 10.0 Å². The number of benzene rings is 1. The summed E-state index contributed by atoms with van der Waals surface area (Å²) in [7, 11) is -3.80. The van der Waals surface area contributed by atoms with Crippen molar-refractivity contribution in [3.05, 3.63) is 46.1 Å². The molecule has 25 heavy (non-hydrogen) atoms. The minimum atomic E-state index is -3.80. The normalized spacial score (nSPS) is 14.6. The van der Waals surface area contributed by atoms with E-state index < -0.39 is 21.6 Å². The summed E-state index contributed by atoms with van der Waals surface area (Å²) in [5, 5.41) is 3.40. The second kappa shape index (κ2) is 6.42. The zero-order chi connectivity index (χ0) is 18.4. The highest BCUT2D eigenvalue weighted by molar-refractivity contribution is 7.92. The fourth-order valence-corrected chi connectivity index (χ4v) is 3.86. The van der Waals surface area contributed by atoms with Crippen LogP contribution in [-0.4, -0.2) is 32.2 Å². The van der Waals surface area contributed by atoms with Crippen LogP contribution >= 0.6 is 11.6 Å². The van der Waals surface area contributed by atoms with Gasteiger partial charge in [-0.25, -0.2) is 12.8 Å². The Hall–Kier alpha value is -1.93. The Morgan fingerprint density at radius 1 is 1.40 bits per heavy atom. The number of carbonyl (C=O) groups excluding carboxylic acids is 1. The molecule has 1 saturated carbocycles. The Morgan fingerprint density at radius 2 is 2.08 bits per heavy atom.